The van der Waals surface area contributed by atoms with Crippen LogP contribution >= 0.6 is 11.3 Å². The minimum atomic E-state index is 0.283. The number of likely N-dealkylation sites (tertiary alicyclic amines) is 1. The Kier molecular flexibility index (Phi) is 3.52. The zero-order valence-corrected chi connectivity index (χ0v) is 12.9. The third-order valence-electron chi connectivity index (χ3n) is 4.45. The molecule has 3 atom stereocenters. The second-order valence-corrected chi connectivity index (χ2v) is 6.92. The van der Waals surface area contributed by atoms with Crippen LogP contribution in [0.3, 0.4) is 0 Å². The number of fused-ring (bicyclic) bond motifs is 1. The van der Waals surface area contributed by atoms with Crippen molar-refractivity contribution in [1.82, 2.24) is 15.0 Å². The molecule has 6 heteroatoms. The predicted octanol–water partition coefficient (Wildman–Crippen LogP) is 2.59. The molecule has 5 nitrogen and oxygen atoms in total. The molecular formula is C15H19N3O2S. The average molecular weight is 305 g/mol. The van der Waals surface area contributed by atoms with Crippen molar-refractivity contribution in [2.45, 2.75) is 44.4 Å². The summed E-state index contributed by atoms with van der Waals surface area (Å²) >= 11 is 1.82. The van der Waals surface area contributed by atoms with Gasteiger partial charge < -0.3 is 9.26 Å². The highest BCUT2D eigenvalue weighted by molar-refractivity contribution is 7.09. The summed E-state index contributed by atoms with van der Waals surface area (Å²) in [5.41, 5.74) is 0. The fraction of sp³-hybridized carbons (Fsp3) is 0.600. The Balaban J connectivity index is 1.55. The van der Waals surface area contributed by atoms with E-state index in [1.54, 1.807) is 0 Å². The van der Waals surface area contributed by atoms with Gasteiger partial charge in [-0.25, -0.2) is 0 Å². The number of piperidine rings is 1. The molecule has 21 heavy (non-hydrogen) atoms. The lowest BCUT2D eigenvalue weighted by Crippen LogP contribution is -2.48. The topological polar surface area (TPSA) is 51.4 Å². The van der Waals surface area contributed by atoms with Crippen LogP contribution in [0.15, 0.2) is 22.0 Å². The van der Waals surface area contributed by atoms with E-state index in [9.17, 15) is 0 Å². The Morgan fingerprint density at radius 1 is 1.48 bits per heavy atom. The molecule has 0 amide bonds. The molecule has 2 aromatic rings. The molecule has 0 unspecified atom stereocenters. The van der Waals surface area contributed by atoms with Crippen LogP contribution in [0, 0.1) is 6.92 Å². The first-order chi connectivity index (χ1) is 10.3. The van der Waals surface area contributed by atoms with E-state index in [0.717, 1.165) is 38.4 Å². The number of thiophene rings is 1. The highest BCUT2D eigenvalue weighted by Crippen LogP contribution is 2.36. The second kappa shape index (κ2) is 5.51. The van der Waals surface area contributed by atoms with Crippen molar-refractivity contribution >= 4 is 11.3 Å². The third-order valence-corrected chi connectivity index (χ3v) is 5.31. The Hall–Kier alpha value is -1.24. The van der Waals surface area contributed by atoms with Gasteiger partial charge in [-0.2, -0.15) is 4.98 Å². The van der Waals surface area contributed by atoms with Gasteiger partial charge in [0.1, 0.15) is 0 Å². The Bertz CT molecular complexity index is 598. The van der Waals surface area contributed by atoms with Gasteiger partial charge in [-0.05, 0) is 31.2 Å². The van der Waals surface area contributed by atoms with E-state index in [4.69, 9.17) is 9.26 Å². The average Bonchev–Trinajstić information content (AvgIpc) is 3.18. The van der Waals surface area contributed by atoms with Gasteiger partial charge in [0.25, 0.3) is 0 Å². The molecule has 0 bridgehead atoms. The van der Waals surface area contributed by atoms with Gasteiger partial charge in [0.05, 0.1) is 12.0 Å². The number of ether oxygens (including phenoxy) is 1. The molecule has 0 spiro atoms. The van der Waals surface area contributed by atoms with E-state index in [2.05, 4.69) is 32.6 Å². The van der Waals surface area contributed by atoms with Gasteiger partial charge in [-0.3, -0.25) is 4.90 Å². The predicted molar refractivity (Wildman–Crippen MR) is 79.3 cm³/mol. The summed E-state index contributed by atoms with van der Waals surface area (Å²) in [7, 11) is 0. The van der Waals surface area contributed by atoms with Gasteiger partial charge in [-0.15, -0.1) is 11.3 Å². The largest absolute Gasteiger partial charge is 0.377 e. The number of hydrogen-bond donors (Lipinski definition) is 0. The second-order valence-electron chi connectivity index (χ2n) is 5.89. The van der Waals surface area contributed by atoms with Crippen LogP contribution in [0.4, 0.5) is 0 Å². The molecule has 112 valence electrons. The quantitative estimate of drug-likeness (QED) is 0.872. The van der Waals surface area contributed by atoms with Gasteiger partial charge in [-0.1, -0.05) is 11.2 Å². The van der Waals surface area contributed by atoms with Crippen molar-refractivity contribution < 1.29 is 9.26 Å². The summed E-state index contributed by atoms with van der Waals surface area (Å²) in [6.07, 6.45) is 2.43. The van der Waals surface area contributed by atoms with Crippen LogP contribution in [0.25, 0.3) is 0 Å². The van der Waals surface area contributed by atoms with E-state index in [1.807, 2.05) is 18.3 Å². The zero-order valence-electron chi connectivity index (χ0n) is 12.1. The van der Waals surface area contributed by atoms with Crippen LogP contribution in [0.5, 0.6) is 0 Å². The molecule has 2 aliphatic heterocycles. The maximum absolute atomic E-state index is 5.94. The zero-order chi connectivity index (χ0) is 14.2. The molecule has 0 aromatic carbocycles. The van der Waals surface area contributed by atoms with E-state index in [-0.39, 0.29) is 5.92 Å². The van der Waals surface area contributed by atoms with Crippen molar-refractivity contribution in [3.05, 3.63) is 34.1 Å². The molecule has 4 heterocycles. The summed E-state index contributed by atoms with van der Waals surface area (Å²) in [6, 6.07) is 4.86. The third kappa shape index (κ3) is 2.63. The number of rotatable bonds is 3. The van der Waals surface area contributed by atoms with Crippen LogP contribution < -0.4 is 0 Å². The molecular weight excluding hydrogens is 286 g/mol. The fourth-order valence-corrected chi connectivity index (χ4v) is 4.23. The minimum Gasteiger partial charge on any atom is -0.377 e. The van der Waals surface area contributed by atoms with Crippen molar-refractivity contribution in [3.63, 3.8) is 0 Å². The normalized spacial score (nSPS) is 29.7. The summed E-state index contributed by atoms with van der Waals surface area (Å²) in [6.45, 7) is 4.70. The van der Waals surface area contributed by atoms with Gasteiger partial charge in [0.2, 0.25) is 5.89 Å². The van der Waals surface area contributed by atoms with Crippen LogP contribution in [-0.2, 0) is 11.3 Å². The Labute approximate surface area is 127 Å². The van der Waals surface area contributed by atoms with Crippen molar-refractivity contribution in [2.75, 3.05) is 13.2 Å². The van der Waals surface area contributed by atoms with Crippen LogP contribution in [0.1, 0.15) is 35.4 Å². The highest BCUT2D eigenvalue weighted by atomic mass is 32.1. The Morgan fingerprint density at radius 3 is 3.19 bits per heavy atom. The van der Waals surface area contributed by atoms with E-state index in [1.165, 1.54) is 4.88 Å². The standard InChI is InChI=1S/C15H19N3O2S/c1-10-16-15(20-17-10)11-7-14-13(4-5-19-14)18(8-11)9-12-3-2-6-21-12/h2-3,6,11,13-14H,4-5,7-9H2,1H3/t11-,13-,14-/m1/s1. The maximum Gasteiger partial charge on any atom is 0.231 e. The minimum absolute atomic E-state index is 0.283. The molecule has 0 radical (unpaired) electrons. The number of aromatic nitrogens is 2. The highest BCUT2D eigenvalue weighted by Gasteiger charge is 2.42. The molecule has 2 fully saturated rings. The number of aryl methyl sites for hydroxylation is 1. The van der Waals surface area contributed by atoms with Crippen molar-refractivity contribution in [1.29, 1.82) is 0 Å². The molecule has 2 aliphatic rings. The lowest BCUT2D eigenvalue weighted by molar-refractivity contribution is 0.00887. The van der Waals surface area contributed by atoms with Crippen molar-refractivity contribution in [3.8, 4) is 0 Å². The summed E-state index contributed by atoms with van der Waals surface area (Å²) in [5, 5.41) is 6.07. The van der Waals surface area contributed by atoms with E-state index >= 15 is 0 Å². The van der Waals surface area contributed by atoms with Crippen LogP contribution in [0.2, 0.25) is 0 Å². The molecule has 0 aliphatic carbocycles. The van der Waals surface area contributed by atoms with Gasteiger partial charge in [0, 0.05) is 30.6 Å². The lowest BCUT2D eigenvalue weighted by atomic mass is 9.90. The first-order valence-electron chi connectivity index (χ1n) is 7.48. The number of hydrogen-bond acceptors (Lipinski definition) is 6. The fourth-order valence-electron chi connectivity index (χ4n) is 3.50. The lowest BCUT2D eigenvalue weighted by Gasteiger charge is -2.39. The molecule has 0 N–H and O–H groups in total. The van der Waals surface area contributed by atoms with E-state index in [0.29, 0.717) is 18.0 Å². The number of nitrogens with zero attached hydrogens (tertiary/aromatic N) is 3. The summed E-state index contributed by atoms with van der Waals surface area (Å²) < 4.78 is 11.3. The smallest absolute Gasteiger partial charge is 0.231 e. The van der Waals surface area contributed by atoms with Gasteiger partial charge >= 0.3 is 0 Å². The van der Waals surface area contributed by atoms with Crippen LogP contribution in [-0.4, -0.2) is 40.3 Å². The SMILES string of the molecule is Cc1noc([C@@H]2C[C@H]3OCC[C@H]3N(Cc3cccs3)C2)n1. The Morgan fingerprint density at radius 2 is 2.43 bits per heavy atom. The molecule has 4 rings (SSSR count). The summed E-state index contributed by atoms with van der Waals surface area (Å²) in [4.78, 5) is 8.37. The van der Waals surface area contributed by atoms with Crippen molar-refractivity contribution in [2.24, 2.45) is 0 Å². The molecule has 2 saturated heterocycles. The van der Waals surface area contributed by atoms with E-state index < -0.39 is 0 Å². The van der Waals surface area contributed by atoms with Gasteiger partial charge in [0.15, 0.2) is 5.82 Å². The first-order valence-corrected chi connectivity index (χ1v) is 8.36. The summed E-state index contributed by atoms with van der Waals surface area (Å²) in [5.74, 6) is 1.76. The first kappa shape index (κ1) is 13.4. The maximum atomic E-state index is 5.94. The monoisotopic (exact) mass is 305 g/mol. The molecule has 0 saturated carbocycles. The molecule has 2 aromatic heterocycles.